The number of alkyl halides is 2. The maximum atomic E-state index is 12.8. The number of aromatic carboxylic acids is 1. The van der Waals surface area contributed by atoms with Crippen LogP contribution in [-0.4, -0.2) is 34.3 Å². The van der Waals surface area contributed by atoms with Crippen LogP contribution in [0.15, 0.2) is 41.2 Å². The van der Waals surface area contributed by atoms with E-state index in [0.29, 0.717) is 17.6 Å². The van der Waals surface area contributed by atoms with Gasteiger partial charge in [0.05, 0.1) is 23.7 Å². The number of aryl methyl sites for hydroxylation is 1. The number of ether oxygens (including phenoxy) is 2. The van der Waals surface area contributed by atoms with Crippen LogP contribution in [0.4, 0.5) is 8.78 Å². The summed E-state index contributed by atoms with van der Waals surface area (Å²) in [5.74, 6) is -1.17. The molecule has 0 atom stereocenters. The average Bonchev–Trinajstić information content (AvgIpc) is 2.72. The summed E-state index contributed by atoms with van der Waals surface area (Å²) in [6.07, 6.45) is 2.78. The van der Waals surface area contributed by atoms with Crippen molar-refractivity contribution >= 4 is 29.2 Å². The van der Waals surface area contributed by atoms with Crippen LogP contribution >= 0.6 is 0 Å². The number of nitrogens with zero attached hydrogens (tertiary/aromatic N) is 2. The van der Waals surface area contributed by atoms with E-state index in [9.17, 15) is 23.5 Å². The number of carbonyl (C=O) groups is 1. The quantitative estimate of drug-likeness (QED) is 0.628. The normalized spacial score (nSPS) is 11.4. The van der Waals surface area contributed by atoms with Gasteiger partial charge in [0.1, 0.15) is 5.69 Å². The van der Waals surface area contributed by atoms with Crippen LogP contribution in [0.3, 0.4) is 0 Å². The third-order valence-corrected chi connectivity index (χ3v) is 4.39. The molecule has 0 fully saturated rings. The molecule has 0 bridgehead atoms. The first-order chi connectivity index (χ1) is 14.3. The van der Waals surface area contributed by atoms with Crippen molar-refractivity contribution in [3.63, 3.8) is 0 Å². The van der Waals surface area contributed by atoms with Gasteiger partial charge in [-0.2, -0.15) is 8.78 Å². The first-order valence-corrected chi connectivity index (χ1v) is 8.93. The monoisotopic (exact) mass is 416 g/mol. The zero-order chi connectivity index (χ0) is 21.8. The molecule has 7 nitrogen and oxygen atoms in total. The Morgan fingerprint density at radius 1 is 1.27 bits per heavy atom. The number of fused-ring (bicyclic) bond motifs is 1. The van der Waals surface area contributed by atoms with E-state index in [0.717, 1.165) is 0 Å². The van der Waals surface area contributed by atoms with Gasteiger partial charge in [-0.05, 0) is 43.3 Å². The molecule has 0 aliphatic rings. The Kier molecular flexibility index (Phi) is 6.10. The summed E-state index contributed by atoms with van der Waals surface area (Å²) in [6.45, 7) is -0.945. The third-order valence-electron chi connectivity index (χ3n) is 4.39. The minimum absolute atomic E-state index is 0.0257. The smallest absolute Gasteiger partial charge is 0.387 e. The standard InChI is InChI=1S/C21H18F2N2O5/c1-3-25-16-10-8-13(20(27)28)11-15(16)24-14(19(25)26)9-7-12-5-4-6-17(29-2)18(12)30-21(22)23/h4-11,21H,3H2,1-2H3,(H,27,28)/b9-7+. The van der Waals surface area contributed by atoms with Gasteiger partial charge in [-0.15, -0.1) is 0 Å². The molecular weight excluding hydrogens is 398 g/mol. The molecule has 0 aliphatic carbocycles. The molecular formula is C21H18F2N2O5. The van der Waals surface area contributed by atoms with E-state index in [1.165, 1.54) is 54.2 Å². The number of benzene rings is 2. The molecule has 3 rings (SSSR count). The molecule has 1 aromatic heterocycles. The Morgan fingerprint density at radius 3 is 2.67 bits per heavy atom. The number of carboxylic acids is 1. The first kappa shape index (κ1) is 21.0. The van der Waals surface area contributed by atoms with Crippen LogP contribution in [0, 0.1) is 0 Å². The van der Waals surface area contributed by atoms with E-state index < -0.39 is 18.1 Å². The lowest BCUT2D eigenvalue weighted by atomic mass is 10.1. The Morgan fingerprint density at radius 2 is 2.03 bits per heavy atom. The second-order valence-electron chi connectivity index (χ2n) is 6.15. The summed E-state index contributed by atoms with van der Waals surface area (Å²) in [7, 11) is 1.33. The number of methoxy groups -OCH3 is 1. The van der Waals surface area contributed by atoms with Crippen LogP contribution < -0.4 is 15.0 Å². The highest BCUT2D eigenvalue weighted by Gasteiger charge is 2.15. The van der Waals surface area contributed by atoms with Crippen molar-refractivity contribution in [2.45, 2.75) is 20.1 Å². The predicted molar refractivity (Wildman–Crippen MR) is 107 cm³/mol. The van der Waals surface area contributed by atoms with Crippen LogP contribution in [0.5, 0.6) is 11.5 Å². The fourth-order valence-electron chi connectivity index (χ4n) is 3.03. The summed E-state index contributed by atoms with van der Waals surface area (Å²) in [5.41, 5.74) is 0.740. The molecule has 0 aliphatic heterocycles. The summed E-state index contributed by atoms with van der Waals surface area (Å²) in [5, 5.41) is 9.20. The van der Waals surface area contributed by atoms with Crippen molar-refractivity contribution in [3.05, 3.63) is 63.6 Å². The molecule has 0 radical (unpaired) electrons. The van der Waals surface area contributed by atoms with Gasteiger partial charge in [0.25, 0.3) is 5.56 Å². The predicted octanol–water partition coefficient (Wildman–Crippen LogP) is 3.90. The molecule has 0 saturated heterocycles. The maximum absolute atomic E-state index is 12.8. The topological polar surface area (TPSA) is 90.7 Å². The Bertz CT molecular complexity index is 1190. The SMILES string of the molecule is CCn1c(=O)c(/C=C/c2cccc(OC)c2OC(F)F)nc2cc(C(=O)O)ccc21. The number of hydrogen-bond acceptors (Lipinski definition) is 5. The van der Waals surface area contributed by atoms with E-state index >= 15 is 0 Å². The number of carboxylic acid groups (broad SMARTS) is 1. The first-order valence-electron chi connectivity index (χ1n) is 8.93. The van der Waals surface area contributed by atoms with Gasteiger partial charge in [-0.25, -0.2) is 9.78 Å². The molecule has 2 aromatic carbocycles. The van der Waals surface area contributed by atoms with Crippen LogP contribution in [-0.2, 0) is 6.54 Å². The zero-order valence-electron chi connectivity index (χ0n) is 16.1. The van der Waals surface area contributed by atoms with Crippen molar-refractivity contribution in [2.75, 3.05) is 7.11 Å². The number of aromatic nitrogens is 2. The van der Waals surface area contributed by atoms with Gasteiger partial charge in [-0.1, -0.05) is 12.1 Å². The highest BCUT2D eigenvalue weighted by molar-refractivity contribution is 5.92. The van der Waals surface area contributed by atoms with Gasteiger partial charge in [0.2, 0.25) is 0 Å². The molecule has 0 amide bonds. The van der Waals surface area contributed by atoms with Crippen LogP contribution in [0.1, 0.15) is 28.5 Å². The van der Waals surface area contributed by atoms with Crippen molar-refractivity contribution in [1.29, 1.82) is 0 Å². The van der Waals surface area contributed by atoms with E-state index in [1.807, 2.05) is 0 Å². The molecule has 0 saturated carbocycles. The Balaban J connectivity index is 2.14. The summed E-state index contributed by atoms with van der Waals surface area (Å²) in [6, 6.07) is 8.89. The van der Waals surface area contributed by atoms with Gasteiger partial charge in [-0.3, -0.25) is 4.79 Å². The van der Waals surface area contributed by atoms with Gasteiger partial charge >= 0.3 is 12.6 Å². The highest BCUT2D eigenvalue weighted by Crippen LogP contribution is 2.33. The third kappa shape index (κ3) is 4.14. The van der Waals surface area contributed by atoms with E-state index in [1.54, 1.807) is 13.0 Å². The fraction of sp³-hybridized carbons (Fsp3) is 0.190. The zero-order valence-corrected chi connectivity index (χ0v) is 16.1. The van der Waals surface area contributed by atoms with Crippen molar-refractivity contribution in [1.82, 2.24) is 9.55 Å². The molecule has 0 unspecified atom stereocenters. The second-order valence-corrected chi connectivity index (χ2v) is 6.15. The van der Waals surface area contributed by atoms with Gasteiger partial charge in [0, 0.05) is 12.1 Å². The molecule has 3 aromatic rings. The minimum atomic E-state index is -3.06. The number of rotatable bonds is 7. The van der Waals surface area contributed by atoms with Crippen molar-refractivity contribution in [3.8, 4) is 11.5 Å². The average molecular weight is 416 g/mol. The van der Waals surface area contributed by atoms with Gasteiger partial charge < -0.3 is 19.1 Å². The highest BCUT2D eigenvalue weighted by atomic mass is 19.3. The summed E-state index contributed by atoms with van der Waals surface area (Å²) < 4.78 is 36.7. The lowest BCUT2D eigenvalue weighted by molar-refractivity contribution is -0.0513. The maximum Gasteiger partial charge on any atom is 0.387 e. The number of halogens is 2. The van der Waals surface area contributed by atoms with Crippen LogP contribution in [0.2, 0.25) is 0 Å². The number of para-hydroxylation sites is 1. The molecule has 156 valence electrons. The van der Waals surface area contributed by atoms with E-state index in [-0.39, 0.29) is 28.3 Å². The molecule has 1 N–H and O–H groups in total. The van der Waals surface area contributed by atoms with E-state index in [4.69, 9.17) is 4.74 Å². The lowest BCUT2D eigenvalue weighted by Gasteiger charge is -2.12. The van der Waals surface area contributed by atoms with Crippen molar-refractivity contribution < 1.29 is 28.2 Å². The molecule has 9 heteroatoms. The Hall–Kier alpha value is -3.75. The molecule has 30 heavy (non-hydrogen) atoms. The molecule has 1 heterocycles. The summed E-state index contributed by atoms with van der Waals surface area (Å²) in [4.78, 5) is 28.3. The largest absolute Gasteiger partial charge is 0.493 e. The van der Waals surface area contributed by atoms with E-state index in [2.05, 4.69) is 9.72 Å². The summed E-state index contributed by atoms with van der Waals surface area (Å²) >= 11 is 0. The van der Waals surface area contributed by atoms with Crippen molar-refractivity contribution in [2.24, 2.45) is 0 Å². The van der Waals surface area contributed by atoms with Gasteiger partial charge in [0.15, 0.2) is 11.5 Å². The number of hydrogen-bond donors (Lipinski definition) is 1. The lowest BCUT2D eigenvalue weighted by Crippen LogP contribution is -2.23. The van der Waals surface area contributed by atoms with Crippen LogP contribution in [0.25, 0.3) is 23.2 Å². The fourth-order valence-corrected chi connectivity index (χ4v) is 3.03. The Labute approximate surface area is 169 Å². The molecule has 0 spiro atoms. The second kappa shape index (κ2) is 8.73. The minimum Gasteiger partial charge on any atom is -0.493 e.